The van der Waals surface area contributed by atoms with Crippen LogP contribution >= 0.6 is 0 Å². The quantitative estimate of drug-likeness (QED) is 0.795. The van der Waals surface area contributed by atoms with Gasteiger partial charge in [-0.1, -0.05) is 36.4 Å². The Hall–Kier alpha value is -2.54. The summed E-state index contributed by atoms with van der Waals surface area (Å²) in [6.07, 6.45) is -4.33. The Bertz CT molecular complexity index is 802. The number of anilines is 1. The van der Waals surface area contributed by atoms with E-state index in [1.165, 1.54) is 12.1 Å². The Morgan fingerprint density at radius 2 is 1.72 bits per heavy atom. The van der Waals surface area contributed by atoms with Gasteiger partial charge in [0.05, 0.1) is 11.5 Å². The van der Waals surface area contributed by atoms with Gasteiger partial charge in [0.25, 0.3) is 0 Å². The molecule has 156 valence electrons. The highest BCUT2D eigenvalue weighted by atomic mass is 19.4. The second-order valence-corrected chi connectivity index (χ2v) is 7.30. The van der Waals surface area contributed by atoms with Gasteiger partial charge in [-0.25, -0.2) is 0 Å². The van der Waals surface area contributed by atoms with Crippen molar-refractivity contribution in [2.24, 2.45) is 0 Å². The zero-order valence-electron chi connectivity index (χ0n) is 16.5. The first-order valence-electron chi connectivity index (χ1n) is 9.82. The molecule has 4 nitrogen and oxygen atoms in total. The Balaban J connectivity index is 1.43. The molecule has 0 aromatic heterocycles. The molecule has 1 saturated heterocycles. The average molecular weight is 405 g/mol. The van der Waals surface area contributed by atoms with Crippen LogP contribution < -0.4 is 10.2 Å². The fourth-order valence-electron chi connectivity index (χ4n) is 3.49. The molecular formula is C22H26F3N3O. The summed E-state index contributed by atoms with van der Waals surface area (Å²) in [7, 11) is 0. The van der Waals surface area contributed by atoms with Gasteiger partial charge in [0.1, 0.15) is 0 Å². The van der Waals surface area contributed by atoms with E-state index < -0.39 is 11.7 Å². The summed E-state index contributed by atoms with van der Waals surface area (Å²) in [5.41, 5.74) is 0.969. The van der Waals surface area contributed by atoms with Crippen LogP contribution in [0, 0.1) is 0 Å². The molecule has 1 fully saturated rings. The zero-order chi connectivity index (χ0) is 20.9. The highest BCUT2D eigenvalue weighted by molar-refractivity contribution is 5.83. The molecule has 1 atom stereocenters. The molecule has 7 heteroatoms. The molecule has 1 N–H and O–H groups in total. The second-order valence-electron chi connectivity index (χ2n) is 7.30. The van der Waals surface area contributed by atoms with E-state index in [2.05, 4.69) is 10.2 Å². The van der Waals surface area contributed by atoms with Crippen molar-refractivity contribution in [2.75, 3.05) is 44.2 Å². The maximum atomic E-state index is 12.9. The van der Waals surface area contributed by atoms with Crippen molar-refractivity contribution < 1.29 is 18.0 Å². The third kappa shape index (κ3) is 5.73. The average Bonchev–Trinajstić information content (AvgIpc) is 2.74. The lowest BCUT2D eigenvalue weighted by Gasteiger charge is -2.36. The van der Waals surface area contributed by atoms with Crippen LogP contribution in [0.5, 0.6) is 0 Å². The van der Waals surface area contributed by atoms with E-state index in [1.54, 1.807) is 6.07 Å². The van der Waals surface area contributed by atoms with Gasteiger partial charge in [-0.2, -0.15) is 13.2 Å². The maximum Gasteiger partial charge on any atom is 0.416 e. The first-order valence-corrected chi connectivity index (χ1v) is 9.82. The van der Waals surface area contributed by atoms with Crippen molar-refractivity contribution in [3.63, 3.8) is 0 Å². The minimum Gasteiger partial charge on any atom is -0.369 e. The van der Waals surface area contributed by atoms with Gasteiger partial charge in [0, 0.05) is 45.0 Å². The molecule has 0 bridgehead atoms. The molecule has 2 aromatic rings. The van der Waals surface area contributed by atoms with E-state index in [0.29, 0.717) is 25.3 Å². The standard InChI is InChI=1S/C22H26F3N3O/c1-17(18-6-3-2-4-7-18)21(29)26-10-11-27-12-14-28(15-13-27)20-9-5-8-19(16-20)22(23,24)25/h2-9,16-17H,10-15H2,1H3,(H,26,29). The number of amides is 1. The lowest BCUT2D eigenvalue weighted by Crippen LogP contribution is -2.48. The first kappa shape index (κ1) is 21.2. The van der Waals surface area contributed by atoms with Crippen LogP contribution in [0.25, 0.3) is 0 Å². The number of nitrogens with zero attached hydrogens (tertiary/aromatic N) is 2. The molecule has 0 saturated carbocycles. The molecule has 29 heavy (non-hydrogen) atoms. The molecule has 1 heterocycles. The third-order valence-electron chi connectivity index (χ3n) is 5.33. The fraction of sp³-hybridized carbons (Fsp3) is 0.409. The fourth-order valence-corrected chi connectivity index (χ4v) is 3.49. The van der Waals surface area contributed by atoms with Crippen molar-refractivity contribution in [1.29, 1.82) is 0 Å². The van der Waals surface area contributed by atoms with Crippen molar-refractivity contribution >= 4 is 11.6 Å². The van der Waals surface area contributed by atoms with Crippen molar-refractivity contribution in [3.05, 3.63) is 65.7 Å². The van der Waals surface area contributed by atoms with Gasteiger partial charge in [0.2, 0.25) is 5.91 Å². The lowest BCUT2D eigenvalue weighted by atomic mass is 10.0. The number of nitrogens with one attached hydrogen (secondary N) is 1. The number of alkyl halides is 3. The van der Waals surface area contributed by atoms with E-state index in [9.17, 15) is 18.0 Å². The summed E-state index contributed by atoms with van der Waals surface area (Å²) in [5, 5.41) is 2.98. The summed E-state index contributed by atoms with van der Waals surface area (Å²) in [4.78, 5) is 16.5. The predicted octanol–water partition coefficient (Wildman–Crippen LogP) is 3.75. The lowest BCUT2D eigenvalue weighted by molar-refractivity contribution is -0.137. The Kier molecular flexibility index (Phi) is 6.79. The van der Waals surface area contributed by atoms with Crippen molar-refractivity contribution in [1.82, 2.24) is 10.2 Å². The van der Waals surface area contributed by atoms with E-state index >= 15 is 0 Å². The van der Waals surface area contributed by atoms with Crippen LogP contribution in [-0.4, -0.2) is 50.1 Å². The van der Waals surface area contributed by atoms with Gasteiger partial charge >= 0.3 is 6.18 Å². The molecule has 1 aliphatic rings. The predicted molar refractivity (Wildman–Crippen MR) is 108 cm³/mol. The van der Waals surface area contributed by atoms with Gasteiger partial charge in [-0.05, 0) is 30.7 Å². The van der Waals surface area contributed by atoms with E-state index in [-0.39, 0.29) is 11.8 Å². The number of carbonyl (C=O) groups is 1. The number of halogens is 3. The minimum absolute atomic E-state index is 0.00111. The largest absolute Gasteiger partial charge is 0.416 e. The van der Waals surface area contributed by atoms with Crippen LogP contribution in [0.2, 0.25) is 0 Å². The van der Waals surface area contributed by atoms with Gasteiger partial charge in [-0.3, -0.25) is 9.69 Å². The highest BCUT2D eigenvalue weighted by Gasteiger charge is 2.31. The van der Waals surface area contributed by atoms with E-state index in [0.717, 1.165) is 31.3 Å². The minimum atomic E-state index is -4.33. The van der Waals surface area contributed by atoms with Crippen molar-refractivity contribution in [3.8, 4) is 0 Å². The smallest absolute Gasteiger partial charge is 0.369 e. The summed E-state index contributed by atoms with van der Waals surface area (Å²) >= 11 is 0. The second kappa shape index (κ2) is 9.31. The maximum absolute atomic E-state index is 12.9. The monoisotopic (exact) mass is 405 g/mol. The number of hydrogen-bond acceptors (Lipinski definition) is 3. The van der Waals surface area contributed by atoms with Crippen LogP contribution in [0.15, 0.2) is 54.6 Å². The molecule has 1 aliphatic heterocycles. The Morgan fingerprint density at radius 3 is 2.38 bits per heavy atom. The number of hydrogen-bond donors (Lipinski definition) is 1. The topological polar surface area (TPSA) is 35.6 Å². The first-order chi connectivity index (χ1) is 13.8. The molecule has 0 aliphatic carbocycles. The zero-order valence-corrected chi connectivity index (χ0v) is 16.5. The number of rotatable bonds is 6. The van der Waals surface area contributed by atoms with Gasteiger partial charge in [-0.15, -0.1) is 0 Å². The highest BCUT2D eigenvalue weighted by Crippen LogP contribution is 2.31. The summed E-state index contributed by atoms with van der Waals surface area (Å²) in [6, 6.07) is 15.1. The van der Waals surface area contributed by atoms with Crippen LogP contribution in [-0.2, 0) is 11.0 Å². The Morgan fingerprint density at radius 1 is 1.03 bits per heavy atom. The molecule has 3 rings (SSSR count). The molecule has 0 spiro atoms. The van der Waals surface area contributed by atoms with Crippen LogP contribution in [0.3, 0.4) is 0 Å². The molecule has 2 aromatic carbocycles. The molecule has 1 unspecified atom stereocenters. The van der Waals surface area contributed by atoms with E-state index in [4.69, 9.17) is 0 Å². The Labute approximate surface area is 169 Å². The van der Waals surface area contributed by atoms with Gasteiger partial charge in [0.15, 0.2) is 0 Å². The normalized spacial score (nSPS) is 16.5. The van der Waals surface area contributed by atoms with Crippen LogP contribution in [0.1, 0.15) is 24.0 Å². The van der Waals surface area contributed by atoms with Gasteiger partial charge < -0.3 is 10.2 Å². The summed E-state index contributed by atoms with van der Waals surface area (Å²) < 4.78 is 38.7. The van der Waals surface area contributed by atoms with Crippen molar-refractivity contribution in [2.45, 2.75) is 19.0 Å². The summed E-state index contributed by atoms with van der Waals surface area (Å²) in [6.45, 7) is 5.99. The molecule has 0 radical (unpaired) electrons. The number of carbonyl (C=O) groups excluding carboxylic acids is 1. The SMILES string of the molecule is CC(C(=O)NCCN1CCN(c2cccc(C(F)(F)F)c2)CC1)c1ccccc1. The molecule has 1 amide bonds. The number of piperazine rings is 1. The number of benzene rings is 2. The molecular weight excluding hydrogens is 379 g/mol. The van der Waals surface area contributed by atoms with E-state index in [1.807, 2.05) is 42.2 Å². The summed E-state index contributed by atoms with van der Waals surface area (Å²) in [5.74, 6) is -0.201. The third-order valence-corrected chi connectivity index (χ3v) is 5.33. The van der Waals surface area contributed by atoms with Crippen LogP contribution in [0.4, 0.5) is 18.9 Å².